The summed E-state index contributed by atoms with van der Waals surface area (Å²) >= 11 is 0. The van der Waals surface area contributed by atoms with Crippen LogP contribution in [-0.4, -0.2) is 42.3 Å². The van der Waals surface area contributed by atoms with E-state index in [0.717, 1.165) is 26.1 Å². The molecule has 0 aliphatic carbocycles. The van der Waals surface area contributed by atoms with Crippen LogP contribution >= 0.6 is 0 Å². The molecule has 17 heavy (non-hydrogen) atoms. The Labute approximate surface area is 105 Å². The summed E-state index contributed by atoms with van der Waals surface area (Å²) in [5, 5.41) is 3.46. The van der Waals surface area contributed by atoms with Crippen LogP contribution in [0, 0.1) is 5.92 Å². The Bertz CT molecular complexity index is 261. The maximum Gasteiger partial charge on any atom is 0.410 e. The van der Waals surface area contributed by atoms with Crippen molar-refractivity contribution in [1.82, 2.24) is 10.2 Å². The van der Waals surface area contributed by atoms with Gasteiger partial charge in [0, 0.05) is 19.1 Å². The molecule has 1 rings (SSSR count). The van der Waals surface area contributed by atoms with Crippen molar-refractivity contribution in [3.8, 4) is 0 Å². The minimum Gasteiger partial charge on any atom is -0.444 e. The van der Waals surface area contributed by atoms with Crippen molar-refractivity contribution in [2.45, 2.75) is 52.7 Å². The van der Waals surface area contributed by atoms with Gasteiger partial charge in [0.15, 0.2) is 0 Å². The Morgan fingerprint density at radius 1 is 1.47 bits per heavy atom. The maximum atomic E-state index is 11.9. The van der Waals surface area contributed by atoms with Crippen molar-refractivity contribution in [3.05, 3.63) is 0 Å². The highest BCUT2D eigenvalue weighted by Gasteiger charge is 2.30. The fourth-order valence-electron chi connectivity index (χ4n) is 2.20. The third-order valence-electron chi connectivity index (χ3n) is 3.02. The van der Waals surface area contributed by atoms with Gasteiger partial charge in [0.05, 0.1) is 0 Å². The molecule has 0 aromatic heterocycles. The van der Waals surface area contributed by atoms with Gasteiger partial charge in [0.2, 0.25) is 0 Å². The van der Waals surface area contributed by atoms with Crippen LogP contribution in [0.1, 0.15) is 41.0 Å². The molecule has 0 spiro atoms. The highest BCUT2D eigenvalue weighted by Crippen LogP contribution is 2.19. The number of piperidine rings is 1. The summed E-state index contributed by atoms with van der Waals surface area (Å²) in [5.74, 6) is 0.483. The molecule has 1 aliphatic rings. The molecule has 0 aromatic carbocycles. The van der Waals surface area contributed by atoms with Crippen LogP contribution in [0.2, 0.25) is 0 Å². The third kappa shape index (κ3) is 4.54. The SMILES string of the molecule is CCNC1CCN(C(=O)OC(C)(C)C)CC1C. The largest absolute Gasteiger partial charge is 0.444 e. The van der Waals surface area contributed by atoms with Gasteiger partial charge >= 0.3 is 6.09 Å². The monoisotopic (exact) mass is 242 g/mol. The fraction of sp³-hybridized carbons (Fsp3) is 0.923. The first-order valence-electron chi connectivity index (χ1n) is 6.54. The summed E-state index contributed by atoms with van der Waals surface area (Å²) in [6.07, 6.45) is 0.827. The van der Waals surface area contributed by atoms with E-state index in [4.69, 9.17) is 4.74 Å². The topological polar surface area (TPSA) is 41.6 Å². The fourth-order valence-corrected chi connectivity index (χ4v) is 2.20. The predicted molar refractivity (Wildman–Crippen MR) is 69.1 cm³/mol. The predicted octanol–water partition coefficient (Wildman–Crippen LogP) is 2.24. The van der Waals surface area contributed by atoms with E-state index in [-0.39, 0.29) is 6.09 Å². The molecule has 0 radical (unpaired) electrons. The van der Waals surface area contributed by atoms with Crippen LogP contribution in [0.4, 0.5) is 4.79 Å². The third-order valence-corrected chi connectivity index (χ3v) is 3.02. The lowest BCUT2D eigenvalue weighted by atomic mass is 9.94. The van der Waals surface area contributed by atoms with E-state index < -0.39 is 5.60 Å². The number of likely N-dealkylation sites (tertiary alicyclic amines) is 1. The summed E-state index contributed by atoms with van der Waals surface area (Å²) in [6, 6.07) is 0.527. The van der Waals surface area contributed by atoms with Gasteiger partial charge in [0.1, 0.15) is 5.60 Å². The Morgan fingerprint density at radius 2 is 2.12 bits per heavy atom. The normalized spacial score (nSPS) is 25.8. The van der Waals surface area contributed by atoms with Gasteiger partial charge in [-0.3, -0.25) is 0 Å². The van der Waals surface area contributed by atoms with E-state index in [9.17, 15) is 4.79 Å². The van der Waals surface area contributed by atoms with Crippen LogP contribution < -0.4 is 5.32 Å². The van der Waals surface area contributed by atoms with Gasteiger partial charge in [-0.05, 0) is 39.7 Å². The van der Waals surface area contributed by atoms with Gasteiger partial charge in [-0.25, -0.2) is 4.79 Å². The summed E-state index contributed by atoms with van der Waals surface area (Å²) < 4.78 is 5.39. The molecule has 1 saturated heterocycles. The highest BCUT2D eigenvalue weighted by molar-refractivity contribution is 5.68. The van der Waals surface area contributed by atoms with E-state index in [1.807, 2.05) is 25.7 Å². The summed E-state index contributed by atoms with van der Waals surface area (Å²) in [4.78, 5) is 13.7. The second kappa shape index (κ2) is 5.71. The maximum absolute atomic E-state index is 11.9. The molecule has 4 nitrogen and oxygen atoms in total. The van der Waals surface area contributed by atoms with Crippen molar-refractivity contribution in [2.24, 2.45) is 5.92 Å². The van der Waals surface area contributed by atoms with E-state index in [0.29, 0.717) is 12.0 Å². The standard InChI is InChI=1S/C13H26N2O2/c1-6-14-11-7-8-15(9-10(11)2)12(16)17-13(3,4)5/h10-11,14H,6-9H2,1-5H3. The van der Waals surface area contributed by atoms with Gasteiger partial charge in [0.25, 0.3) is 0 Å². The van der Waals surface area contributed by atoms with E-state index >= 15 is 0 Å². The first-order chi connectivity index (χ1) is 7.83. The highest BCUT2D eigenvalue weighted by atomic mass is 16.6. The van der Waals surface area contributed by atoms with Crippen LogP contribution in [0.3, 0.4) is 0 Å². The lowest BCUT2D eigenvalue weighted by Gasteiger charge is -2.37. The van der Waals surface area contributed by atoms with E-state index in [1.165, 1.54) is 0 Å². The molecule has 1 N–H and O–H groups in total. The quantitative estimate of drug-likeness (QED) is 0.807. The molecule has 1 aliphatic heterocycles. The zero-order chi connectivity index (χ0) is 13.1. The Balaban J connectivity index is 2.46. The number of hydrogen-bond donors (Lipinski definition) is 1. The molecule has 1 fully saturated rings. The van der Waals surface area contributed by atoms with Crippen molar-refractivity contribution in [1.29, 1.82) is 0 Å². The molecule has 100 valence electrons. The van der Waals surface area contributed by atoms with Gasteiger partial charge in [-0.1, -0.05) is 13.8 Å². The molecule has 4 heteroatoms. The minimum absolute atomic E-state index is 0.181. The Kier molecular flexibility index (Phi) is 4.80. The van der Waals surface area contributed by atoms with E-state index in [1.54, 1.807) is 0 Å². The summed E-state index contributed by atoms with van der Waals surface area (Å²) in [7, 11) is 0. The number of nitrogens with one attached hydrogen (secondary N) is 1. The molecule has 2 atom stereocenters. The molecule has 1 heterocycles. The number of carbonyl (C=O) groups excluding carboxylic acids is 1. The van der Waals surface area contributed by atoms with Crippen LogP contribution in [0.15, 0.2) is 0 Å². The lowest BCUT2D eigenvalue weighted by molar-refractivity contribution is 0.0144. The number of carbonyl (C=O) groups is 1. The second-order valence-corrected chi connectivity index (χ2v) is 5.86. The second-order valence-electron chi connectivity index (χ2n) is 5.86. The number of hydrogen-bond acceptors (Lipinski definition) is 3. The molecular formula is C13H26N2O2. The first kappa shape index (κ1) is 14.3. The van der Waals surface area contributed by atoms with Crippen LogP contribution in [-0.2, 0) is 4.74 Å². The van der Waals surface area contributed by atoms with Gasteiger partial charge < -0.3 is 15.0 Å². The van der Waals surface area contributed by atoms with Crippen molar-refractivity contribution >= 4 is 6.09 Å². The number of nitrogens with zero attached hydrogens (tertiary/aromatic N) is 1. The molecule has 0 saturated carbocycles. The smallest absolute Gasteiger partial charge is 0.410 e. The molecule has 0 aromatic rings. The first-order valence-corrected chi connectivity index (χ1v) is 6.54. The molecule has 2 unspecified atom stereocenters. The molecule has 0 bridgehead atoms. The van der Waals surface area contributed by atoms with Gasteiger partial charge in [-0.2, -0.15) is 0 Å². The number of amides is 1. The zero-order valence-electron chi connectivity index (χ0n) is 11.7. The lowest BCUT2D eigenvalue weighted by Crippen LogP contribution is -2.51. The Morgan fingerprint density at radius 3 is 2.59 bits per heavy atom. The van der Waals surface area contributed by atoms with Crippen molar-refractivity contribution < 1.29 is 9.53 Å². The average Bonchev–Trinajstić information content (AvgIpc) is 2.18. The zero-order valence-corrected chi connectivity index (χ0v) is 11.7. The summed E-state index contributed by atoms with van der Waals surface area (Å²) in [5.41, 5.74) is -0.404. The minimum atomic E-state index is -0.404. The average molecular weight is 242 g/mol. The van der Waals surface area contributed by atoms with Crippen LogP contribution in [0.25, 0.3) is 0 Å². The van der Waals surface area contributed by atoms with Crippen molar-refractivity contribution in [2.75, 3.05) is 19.6 Å². The van der Waals surface area contributed by atoms with Crippen molar-refractivity contribution in [3.63, 3.8) is 0 Å². The summed E-state index contributed by atoms with van der Waals surface area (Å²) in [6.45, 7) is 12.6. The Hall–Kier alpha value is -0.770. The van der Waals surface area contributed by atoms with Crippen LogP contribution in [0.5, 0.6) is 0 Å². The number of ether oxygens (including phenoxy) is 1. The number of rotatable bonds is 2. The molecular weight excluding hydrogens is 216 g/mol. The molecule has 1 amide bonds. The van der Waals surface area contributed by atoms with E-state index in [2.05, 4.69) is 19.2 Å². The van der Waals surface area contributed by atoms with Gasteiger partial charge in [-0.15, -0.1) is 0 Å².